The maximum absolute atomic E-state index is 9.21. The van der Waals surface area contributed by atoms with Crippen LogP contribution in [0.2, 0.25) is 0 Å². The molecule has 1 N–H and O–H groups in total. The second-order valence-corrected chi connectivity index (χ2v) is 3.98. The second kappa shape index (κ2) is 3.98. The number of hydrogen-bond acceptors (Lipinski definition) is 4. The average molecular weight is 186 g/mol. The molecule has 0 unspecified atom stereocenters. The van der Waals surface area contributed by atoms with Crippen molar-refractivity contribution in [3.8, 4) is 0 Å². The van der Waals surface area contributed by atoms with Crippen LogP contribution in [0.15, 0.2) is 5.38 Å². The van der Waals surface area contributed by atoms with Crippen LogP contribution < -0.4 is 0 Å². The van der Waals surface area contributed by atoms with E-state index in [0.717, 1.165) is 17.2 Å². The summed E-state index contributed by atoms with van der Waals surface area (Å²) >= 11 is 1.51. The SMILES string of the molecule is C[C@@H](O)c1nc(CN(C)C)cs1. The molecule has 0 saturated heterocycles. The van der Waals surface area contributed by atoms with Crippen LogP contribution in [0.25, 0.3) is 0 Å². The Hall–Kier alpha value is -0.450. The Morgan fingerprint density at radius 1 is 1.67 bits per heavy atom. The molecule has 3 nitrogen and oxygen atoms in total. The minimum Gasteiger partial charge on any atom is -0.386 e. The topological polar surface area (TPSA) is 36.4 Å². The van der Waals surface area contributed by atoms with Crippen LogP contribution in [0.3, 0.4) is 0 Å². The van der Waals surface area contributed by atoms with E-state index in [4.69, 9.17) is 0 Å². The first kappa shape index (κ1) is 9.64. The highest BCUT2D eigenvalue weighted by molar-refractivity contribution is 7.09. The molecule has 4 heteroatoms. The lowest BCUT2D eigenvalue weighted by atomic mass is 10.4. The zero-order chi connectivity index (χ0) is 9.14. The number of hydrogen-bond donors (Lipinski definition) is 1. The zero-order valence-electron chi connectivity index (χ0n) is 7.61. The molecule has 0 amide bonds. The highest BCUT2D eigenvalue weighted by Gasteiger charge is 2.06. The highest BCUT2D eigenvalue weighted by Crippen LogP contribution is 2.17. The smallest absolute Gasteiger partial charge is 0.121 e. The predicted molar refractivity (Wildman–Crippen MR) is 50.1 cm³/mol. The molecular weight excluding hydrogens is 172 g/mol. The zero-order valence-corrected chi connectivity index (χ0v) is 8.43. The molecule has 1 heterocycles. The van der Waals surface area contributed by atoms with Gasteiger partial charge in [-0.2, -0.15) is 0 Å². The first-order valence-electron chi connectivity index (χ1n) is 3.86. The molecule has 0 saturated carbocycles. The van der Waals surface area contributed by atoms with Gasteiger partial charge in [0.15, 0.2) is 0 Å². The van der Waals surface area contributed by atoms with E-state index in [9.17, 15) is 5.11 Å². The minimum absolute atomic E-state index is 0.439. The van der Waals surface area contributed by atoms with E-state index >= 15 is 0 Å². The Balaban J connectivity index is 2.64. The van der Waals surface area contributed by atoms with Crippen LogP contribution in [-0.2, 0) is 6.54 Å². The highest BCUT2D eigenvalue weighted by atomic mass is 32.1. The maximum atomic E-state index is 9.21. The lowest BCUT2D eigenvalue weighted by Crippen LogP contribution is -2.10. The van der Waals surface area contributed by atoms with E-state index in [1.807, 2.05) is 19.5 Å². The molecule has 1 rings (SSSR count). The summed E-state index contributed by atoms with van der Waals surface area (Å²) in [7, 11) is 4.00. The van der Waals surface area contributed by atoms with Crippen LogP contribution in [-0.4, -0.2) is 29.1 Å². The molecule has 0 aliphatic rings. The molecule has 1 aromatic heterocycles. The van der Waals surface area contributed by atoms with E-state index in [2.05, 4.69) is 9.88 Å². The molecular formula is C8H14N2OS. The van der Waals surface area contributed by atoms with E-state index in [1.54, 1.807) is 6.92 Å². The number of rotatable bonds is 3. The molecule has 12 heavy (non-hydrogen) atoms. The molecule has 0 radical (unpaired) electrons. The minimum atomic E-state index is -0.439. The molecule has 0 bridgehead atoms. The third-order valence-electron chi connectivity index (χ3n) is 1.41. The average Bonchev–Trinajstić information content (AvgIpc) is 2.34. The van der Waals surface area contributed by atoms with Crippen molar-refractivity contribution in [1.82, 2.24) is 9.88 Å². The summed E-state index contributed by atoms with van der Waals surface area (Å²) in [6.07, 6.45) is -0.439. The van der Waals surface area contributed by atoms with Gasteiger partial charge in [-0.3, -0.25) is 0 Å². The standard InChI is InChI=1S/C8H14N2OS/c1-6(11)8-9-7(5-12-8)4-10(2)3/h5-6,11H,4H2,1-3H3/t6-/m1/s1. The van der Waals surface area contributed by atoms with Crippen molar-refractivity contribution in [3.05, 3.63) is 16.1 Å². The first-order valence-corrected chi connectivity index (χ1v) is 4.74. The Labute approximate surface area is 76.7 Å². The number of thiazole rings is 1. The maximum Gasteiger partial charge on any atom is 0.121 e. The monoisotopic (exact) mass is 186 g/mol. The van der Waals surface area contributed by atoms with Crippen molar-refractivity contribution < 1.29 is 5.11 Å². The van der Waals surface area contributed by atoms with Crippen LogP contribution in [0.5, 0.6) is 0 Å². The summed E-state index contributed by atoms with van der Waals surface area (Å²) in [6, 6.07) is 0. The summed E-state index contributed by atoms with van der Waals surface area (Å²) in [6.45, 7) is 2.57. The van der Waals surface area contributed by atoms with E-state index in [0.29, 0.717) is 0 Å². The van der Waals surface area contributed by atoms with Gasteiger partial charge in [0.1, 0.15) is 11.1 Å². The van der Waals surface area contributed by atoms with Gasteiger partial charge in [-0.15, -0.1) is 11.3 Å². The second-order valence-electron chi connectivity index (χ2n) is 3.09. The van der Waals surface area contributed by atoms with Gasteiger partial charge in [-0.1, -0.05) is 0 Å². The van der Waals surface area contributed by atoms with Gasteiger partial charge >= 0.3 is 0 Å². The normalized spacial score (nSPS) is 13.8. The number of aliphatic hydroxyl groups is 1. The van der Waals surface area contributed by atoms with Crippen LogP contribution in [0.1, 0.15) is 23.7 Å². The van der Waals surface area contributed by atoms with Crippen molar-refractivity contribution in [3.63, 3.8) is 0 Å². The molecule has 0 aromatic carbocycles. The summed E-state index contributed by atoms with van der Waals surface area (Å²) in [5.74, 6) is 0. The Morgan fingerprint density at radius 3 is 2.75 bits per heavy atom. The molecule has 1 atom stereocenters. The van der Waals surface area contributed by atoms with Gasteiger partial charge in [0.05, 0.1) is 5.69 Å². The van der Waals surface area contributed by atoms with Crippen LogP contribution >= 0.6 is 11.3 Å². The third kappa shape index (κ3) is 2.55. The van der Waals surface area contributed by atoms with Gasteiger partial charge in [-0.25, -0.2) is 4.98 Å². The lowest BCUT2D eigenvalue weighted by Gasteiger charge is -2.05. The molecule has 0 aliphatic carbocycles. The van der Waals surface area contributed by atoms with Crippen LogP contribution in [0, 0.1) is 0 Å². The Kier molecular flexibility index (Phi) is 3.20. The fourth-order valence-corrected chi connectivity index (χ4v) is 1.66. The number of aromatic nitrogens is 1. The van der Waals surface area contributed by atoms with Crippen molar-refractivity contribution >= 4 is 11.3 Å². The van der Waals surface area contributed by atoms with Crippen molar-refractivity contribution in [2.24, 2.45) is 0 Å². The summed E-state index contributed by atoms with van der Waals surface area (Å²) < 4.78 is 0. The van der Waals surface area contributed by atoms with E-state index in [-0.39, 0.29) is 0 Å². The lowest BCUT2D eigenvalue weighted by molar-refractivity contribution is 0.198. The van der Waals surface area contributed by atoms with Gasteiger partial charge in [0, 0.05) is 11.9 Å². The number of nitrogens with zero attached hydrogens (tertiary/aromatic N) is 2. The first-order chi connectivity index (χ1) is 5.59. The number of aliphatic hydroxyl groups excluding tert-OH is 1. The van der Waals surface area contributed by atoms with Crippen molar-refractivity contribution in [2.45, 2.75) is 19.6 Å². The Morgan fingerprint density at radius 2 is 2.33 bits per heavy atom. The van der Waals surface area contributed by atoms with Gasteiger partial charge in [-0.05, 0) is 21.0 Å². The molecule has 68 valence electrons. The van der Waals surface area contributed by atoms with Crippen molar-refractivity contribution in [1.29, 1.82) is 0 Å². The fraction of sp³-hybridized carbons (Fsp3) is 0.625. The van der Waals surface area contributed by atoms with E-state index in [1.165, 1.54) is 11.3 Å². The fourth-order valence-electron chi connectivity index (χ4n) is 0.911. The summed E-state index contributed by atoms with van der Waals surface area (Å²) in [4.78, 5) is 6.33. The molecule has 0 fully saturated rings. The molecule has 1 aromatic rings. The van der Waals surface area contributed by atoms with Crippen LogP contribution in [0.4, 0.5) is 0 Å². The third-order valence-corrected chi connectivity index (χ3v) is 2.47. The largest absolute Gasteiger partial charge is 0.386 e. The Bertz CT molecular complexity index is 245. The molecule has 0 aliphatic heterocycles. The predicted octanol–water partition coefficient (Wildman–Crippen LogP) is 1.26. The van der Waals surface area contributed by atoms with E-state index < -0.39 is 6.10 Å². The van der Waals surface area contributed by atoms with Gasteiger partial charge < -0.3 is 10.0 Å². The summed E-state index contributed by atoms with van der Waals surface area (Å²) in [5, 5.41) is 12.0. The van der Waals surface area contributed by atoms with Crippen molar-refractivity contribution in [2.75, 3.05) is 14.1 Å². The van der Waals surface area contributed by atoms with Gasteiger partial charge in [0.25, 0.3) is 0 Å². The molecule has 0 spiro atoms. The summed E-state index contributed by atoms with van der Waals surface area (Å²) in [5.41, 5.74) is 1.03. The quantitative estimate of drug-likeness (QED) is 0.772. The van der Waals surface area contributed by atoms with Gasteiger partial charge in [0.2, 0.25) is 0 Å².